The Morgan fingerprint density at radius 2 is 2.05 bits per heavy atom. The van der Waals surface area contributed by atoms with Gasteiger partial charge in [0.1, 0.15) is 12.4 Å². The van der Waals surface area contributed by atoms with Crippen LogP contribution >= 0.6 is 15.9 Å². The van der Waals surface area contributed by atoms with Gasteiger partial charge in [0, 0.05) is 0 Å². The van der Waals surface area contributed by atoms with Crippen LogP contribution in [0.15, 0.2) is 40.9 Å². The lowest BCUT2D eigenvalue weighted by Gasteiger charge is -2.12. The highest BCUT2D eigenvalue weighted by atomic mass is 79.9. The van der Waals surface area contributed by atoms with Gasteiger partial charge < -0.3 is 16.2 Å². The van der Waals surface area contributed by atoms with Crippen molar-refractivity contribution in [2.24, 2.45) is 5.73 Å². The Balaban J connectivity index is 2.22. The molecular formula is C14H12BrFN2O2. The number of amides is 1. The third kappa shape index (κ3) is 3.08. The van der Waals surface area contributed by atoms with Crippen LogP contribution < -0.4 is 16.2 Å². The van der Waals surface area contributed by atoms with Gasteiger partial charge in [-0.15, -0.1) is 0 Å². The molecule has 0 spiro atoms. The summed E-state index contributed by atoms with van der Waals surface area (Å²) in [4.78, 5) is 11.3. The number of halogens is 2. The molecule has 0 unspecified atom stereocenters. The molecule has 4 N–H and O–H groups in total. The Bertz CT molecular complexity index is 662. The van der Waals surface area contributed by atoms with Crippen LogP contribution in [0.25, 0.3) is 0 Å². The van der Waals surface area contributed by atoms with E-state index in [-0.39, 0.29) is 23.7 Å². The number of hydrogen-bond donors (Lipinski definition) is 2. The molecule has 0 aliphatic heterocycles. The van der Waals surface area contributed by atoms with E-state index in [0.717, 1.165) is 5.56 Å². The van der Waals surface area contributed by atoms with Crippen LogP contribution in [0, 0.1) is 5.82 Å². The molecule has 0 fully saturated rings. The van der Waals surface area contributed by atoms with Crippen LogP contribution in [0.4, 0.5) is 10.1 Å². The molecule has 0 aromatic heterocycles. The number of carbonyl (C=O) groups excluding carboxylic acids is 1. The number of nitrogens with two attached hydrogens (primary N) is 2. The molecule has 4 nitrogen and oxygen atoms in total. The van der Waals surface area contributed by atoms with Gasteiger partial charge in [-0.1, -0.05) is 12.1 Å². The smallest absolute Gasteiger partial charge is 0.252 e. The predicted octanol–water partition coefficient (Wildman–Crippen LogP) is 2.85. The van der Waals surface area contributed by atoms with Crippen molar-refractivity contribution < 1.29 is 13.9 Å². The molecule has 0 radical (unpaired) electrons. The molecule has 2 aromatic rings. The summed E-state index contributed by atoms with van der Waals surface area (Å²) >= 11 is 3.10. The summed E-state index contributed by atoms with van der Waals surface area (Å²) in [6.45, 7) is 0.146. The second-order valence-corrected chi connectivity index (χ2v) is 4.98. The van der Waals surface area contributed by atoms with E-state index in [2.05, 4.69) is 15.9 Å². The van der Waals surface area contributed by atoms with Gasteiger partial charge >= 0.3 is 0 Å². The standard InChI is InChI=1S/C14H12BrFN2O2/c15-10-6-8(4-5-11(10)16)7-20-13-9(14(18)19)2-1-3-12(13)17/h1-6H,7,17H2,(H2,18,19). The first-order valence-corrected chi connectivity index (χ1v) is 6.53. The molecule has 0 heterocycles. The fourth-order valence-electron chi connectivity index (χ4n) is 1.69. The number of anilines is 1. The predicted molar refractivity (Wildman–Crippen MR) is 77.8 cm³/mol. The van der Waals surface area contributed by atoms with E-state index in [4.69, 9.17) is 16.2 Å². The number of benzene rings is 2. The first-order valence-electron chi connectivity index (χ1n) is 5.74. The molecule has 0 aliphatic carbocycles. The van der Waals surface area contributed by atoms with Crippen molar-refractivity contribution >= 4 is 27.5 Å². The van der Waals surface area contributed by atoms with E-state index in [1.807, 2.05) is 0 Å². The second kappa shape index (κ2) is 5.92. The fraction of sp³-hybridized carbons (Fsp3) is 0.0714. The molecular weight excluding hydrogens is 327 g/mol. The van der Waals surface area contributed by atoms with Crippen LogP contribution in [0.1, 0.15) is 15.9 Å². The number of rotatable bonds is 4. The Hall–Kier alpha value is -2.08. The van der Waals surface area contributed by atoms with Gasteiger partial charge in [0.25, 0.3) is 5.91 Å². The lowest BCUT2D eigenvalue weighted by molar-refractivity contribution is 0.0996. The molecule has 0 bridgehead atoms. The maximum absolute atomic E-state index is 13.1. The summed E-state index contributed by atoms with van der Waals surface area (Å²) in [6, 6.07) is 9.28. The molecule has 6 heteroatoms. The van der Waals surface area contributed by atoms with Gasteiger partial charge in [-0.2, -0.15) is 0 Å². The number of ether oxygens (including phenoxy) is 1. The van der Waals surface area contributed by atoms with Crippen molar-refractivity contribution in [1.82, 2.24) is 0 Å². The first-order chi connectivity index (χ1) is 9.49. The highest BCUT2D eigenvalue weighted by Gasteiger charge is 2.12. The zero-order chi connectivity index (χ0) is 14.7. The average molecular weight is 339 g/mol. The summed E-state index contributed by atoms with van der Waals surface area (Å²) in [5.74, 6) is -0.737. The molecule has 1 amide bonds. The summed E-state index contributed by atoms with van der Waals surface area (Å²) in [7, 11) is 0. The zero-order valence-electron chi connectivity index (χ0n) is 10.4. The van der Waals surface area contributed by atoms with Gasteiger partial charge in [-0.3, -0.25) is 4.79 Å². The van der Waals surface area contributed by atoms with Crippen LogP contribution in [0.5, 0.6) is 5.75 Å². The van der Waals surface area contributed by atoms with E-state index in [1.165, 1.54) is 12.1 Å². The van der Waals surface area contributed by atoms with Crippen molar-refractivity contribution in [2.75, 3.05) is 5.73 Å². The van der Waals surface area contributed by atoms with Crippen molar-refractivity contribution in [3.05, 3.63) is 57.8 Å². The minimum absolute atomic E-state index is 0.146. The van der Waals surface area contributed by atoms with E-state index >= 15 is 0 Å². The minimum atomic E-state index is -0.618. The lowest BCUT2D eigenvalue weighted by Crippen LogP contribution is -2.14. The van der Waals surface area contributed by atoms with Crippen molar-refractivity contribution in [3.63, 3.8) is 0 Å². The Kier molecular flexibility index (Phi) is 4.24. The molecule has 0 aliphatic rings. The normalized spacial score (nSPS) is 10.3. The number of hydrogen-bond acceptors (Lipinski definition) is 3. The number of primary amides is 1. The fourth-order valence-corrected chi connectivity index (χ4v) is 2.12. The highest BCUT2D eigenvalue weighted by molar-refractivity contribution is 9.10. The molecule has 0 atom stereocenters. The summed E-state index contributed by atoms with van der Waals surface area (Å²) < 4.78 is 19.0. The van der Waals surface area contributed by atoms with E-state index < -0.39 is 5.91 Å². The van der Waals surface area contributed by atoms with Gasteiger partial charge in [-0.05, 0) is 45.8 Å². The Labute approximate surface area is 123 Å². The summed E-state index contributed by atoms with van der Waals surface area (Å²) in [5, 5.41) is 0. The van der Waals surface area contributed by atoms with Crippen LogP contribution in [0.3, 0.4) is 0 Å². The maximum atomic E-state index is 13.1. The van der Waals surface area contributed by atoms with Crippen LogP contribution in [-0.4, -0.2) is 5.91 Å². The second-order valence-electron chi connectivity index (χ2n) is 4.13. The van der Waals surface area contributed by atoms with Crippen LogP contribution in [-0.2, 0) is 6.61 Å². The van der Waals surface area contributed by atoms with Gasteiger partial charge in [0.15, 0.2) is 5.75 Å². The van der Waals surface area contributed by atoms with E-state index in [0.29, 0.717) is 10.2 Å². The van der Waals surface area contributed by atoms with Crippen molar-refractivity contribution in [1.29, 1.82) is 0 Å². The van der Waals surface area contributed by atoms with E-state index in [1.54, 1.807) is 24.3 Å². The van der Waals surface area contributed by atoms with Gasteiger partial charge in [0.2, 0.25) is 0 Å². The van der Waals surface area contributed by atoms with Crippen molar-refractivity contribution in [2.45, 2.75) is 6.61 Å². The molecule has 0 saturated carbocycles. The van der Waals surface area contributed by atoms with Gasteiger partial charge in [-0.25, -0.2) is 4.39 Å². The summed E-state index contributed by atoms with van der Waals surface area (Å²) in [5.41, 5.74) is 12.3. The maximum Gasteiger partial charge on any atom is 0.252 e. The number of carbonyl (C=O) groups is 1. The summed E-state index contributed by atoms with van der Waals surface area (Å²) in [6.07, 6.45) is 0. The van der Waals surface area contributed by atoms with Crippen molar-refractivity contribution in [3.8, 4) is 5.75 Å². The monoisotopic (exact) mass is 338 g/mol. The molecule has 2 rings (SSSR count). The third-order valence-electron chi connectivity index (χ3n) is 2.68. The molecule has 2 aromatic carbocycles. The zero-order valence-corrected chi connectivity index (χ0v) is 12.0. The molecule has 104 valence electrons. The quantitative estimate of drug-likeness (QED) is 0.841. The van der Waals surface area contributed by atoms with Gasteiger partial charge in [0.05, 0.1) is 15.7 Å². The number of nitrogen functional groups attached to an aromatic ring is 1. The first kappa shape index (κ1) is 14.3. The van der Waals surface area contributed by atoms with Crippen LogP contribution in [0.2, 0.25) is 0 Å². The average Bonchev–Trinajstić information content (AvgIpc) is 2.40. The molecule has 0 saturated heterocycles. The highest BCUT2D eigenvalue weighted by Crippen LogP contribution is 2.27. The molecule has 20 heavy (non-hydrogen) atoms. The lowest BCUT2D eigenvalue weighted by atomic mass is 10.1. The van der Waals surface area contributed by atoms with E-state index in [9.17, 15) is 9.18 Å². The third-order valence-corrected chi connectivity index (χ3v) is 3.29. The topological polar surface area (TPSA) is 78.3 Å². The minimum Gasteiger partial charge on any atom is -0.486 e. The SMILES string of the molecule is NC(=O)c1cccc(N)c1OCc1ccc(F)c(Br)c1. The Morgan fingerprint density at radius 1 is 1.30 bits per heavy atom. The Morgan fingerprint density at radius 3 is 2.70 bits per heavy atom. The largest absolute Gasteiger partial charge is 0.486 e. The number of para-hydroxylation sites is 1.